The van der Waals surface area contributed by atoms with E-state index >= 15 is 0 Å². The number of piperidine rings is 1. The summed E-state index contributed by atoms with van der Waals surface area (Å²) in [7, 11) is 0. The number of nitrogens with zero attached hydrogens (tertiary/aromatic N) is 2. The van der Waals surface area contributed by atoms with E-state index in [-0.39, 0.29) is 5.91 Å². The fourth-order valence-electron chi connectivity index (χ4n) is 2.38. The zero-order valence-corrected chi connectivity index (χ0v) is 11.4. The summed E-state index contributed by atoms with van der Waals surface area (Å²) >= 11 is 5.97. The van der Waals surface area contributed by atoms with Gasteiger partial charge in [-0.1, -0.05) is 18.5 Å². The highest BCUT2D eigenvalue weighted by Gasteiger charge is 2.25. The van der Waals surface area contributed by atoms with Crippen LogP contribution < -0.4 is 0 Å². The number of aliphatic hydroxyl groups excluding tert-OH is 1. The van der Waals surface area contributed by atoms with Gasteiger partial charge in [0.1, 0.15) is 5.69 Å². The van der Waals surface area contributed by atoms with Gasteiger partial charge >= 0.3 is 0 Å². The molecule has 1 aromatic rings. The highest BCUT2D eigenvalue weighted by molar-refractivity contribution is 6.31. The molecule has 1 aliphatic rings. The van der Waals surface area contributed by atoms with Gasteiger partial charge in [-0.15, -0.1) is 0 Å². The molecular weight excluding hydrogens is 252 g/mol. The second-order valence-corrected chi connectivity index (χ2v) is 5.22. The molecule has 1 saturated heterocycles. The van der Waals surface area contributed by atoms with Crippen molar-refractivity contribution in [1.82, 2.24) is 9.47 Å². The molecule has 5 heteroatoms. The van der Waals surface area contributed by atoms with Gasteiger partial charge in [0, 0.05) is 25.8 Å². The minimum absolute atomic E-state index is 0.0332. The number of likely N-dealkylation sites (tertiary alicyclic amines) is 1. The number of hydrogen-bond acceptors (Lipinski definition) is 2. The standard InChI is InChI=1S/C13H19ClN2O2/c1-2-5-15-8-10(14)7-12(15)13(18)16-6-3-4-11(17)9-16/h7-8,11,17H,2-6,9H2,1H3. The summed E-state index contributed by atoms with van der Waals surface area (Å²) in [5.41, 5.74) is 0.621. The Bertz CT molecular complexity index is 431. The Hall–Kier alpha value is -1.00. The van der Waals surface area contributed by atoms with Gasteiger partial charge in [-0.3, -0.25) is 4.79 Å². The summed E-state index contributed by atoms with van der Waals surface area (Å²) in [6.07, 6.45) is 3.98. The summed E-state index contributed by atoms with van der Waals surface area (Å²) < 4.78 is 1.89. The second-order valence-electron chi connectivity index (χ2n) is 4.78. The summed E-state index contributed by atoms with van der Waals surface area (Å²) in [6, 6.07) is 1.71. The SMILES string of the molecule is CCCn1cc(Cl)cc1C(=O)N1CCCC(O)C1. The number of hydrogen-bond donors (Lipinski definition) is 1. The molecule has 1 atom stereocenters. The predicted octanol–water partition coefficient (Wildman–Crippen LogP) is 2.15. The fraction of sp³-hybridized carbons (Fsp3) is 0.615. The predicted molar refractivity (Wildman–Crippen MR) is 70.9 cm³/mol. The first-order valence-corrected chi connectivity index (χ1v) is 6.82. The van der Waals surface area contributed by atoms with E-state index in [9.17, 15) is 9.90 Å². The lowest BCUT2D eigenvalue weighted by Crippen LogP contribution is -2.42. The zero-order valence-electron chi connectivity index (χ0n) is 10.6. The molecule has 4 nitrogen and oxygen atoms in total. The average molecular weight is 271 g/mol. The van der Waals surface area contributed by atoms with E-state index in [2.05, 4.69) is 6.92 Å². The summed E-state index contributed by atoms with van der Waals surface area (Å²) in [5.74, 6) is -0.0332. The zero-order chi connectivity index (χ0) is 13.1. The van der Waals surface area contributed by atoms with Crippen LogP contribution in [0.2, 0.25) is 5.02 Å². The maximum absolute atomic E-state index is 12.4. The van der Waals surface area contributed by atoms with Crippen LogP contribution in [0.15, 0.2) is 12.3 Å². The quantitative estimate of drug-likeness (QED) is 0.915. The van der Waals surface area contributed by atoms with Crippen molar-refractivity contribution in [2.75, 3.05) is 13.1 Å². The second kappa shape index (κ2) is 5.76. The third-order valence-corrected chi connectivity index (χ3v) is 3.44. The van der Waals surface area contributed by atoms with E-state index in [0.717, 1.165) is 25.8 Å². The number of aliphatic hydroxyl groups is 1. The van der Waals surface area contributed by atoms with Crippen LogP contribution in [0, 0.1) is 0 Å². The van der Waals surface area contributed by atoms with E-state index in [0.29, 0.717) is 23.8 Å². The van der Waals surface area contributed by atoms with Crippen LogP contribution in [-0.2, 0) is 6.54 Å². The molecule has 1 aliphatic heterocycles. The van der Waals surface area contributed by atoms with Crippen molar-refractivity contribution in [3.8, 4) is 0 Å². The molecule has 0 aromatic carbocycles. The largest absolute Gasteiger partial charge is 0.391 e. The van der Waals surface area contributed by atoms with Crippen molar-refractivity contribution in [1.29, 1.82) is 0 Å². The number of aryl methyl sites for hydroxylation is 1. The van der Waals surface area contributed by atoms with E-state index in [1.54, 1.807) is 17.2 Å². The van der Waals surface area contributed by atoms with Gasteiger partial charge < -0.3 is 14.6 Å². The Kier molecular flexibility index (Phi) is 4.30. The van der Waals surface area contributed by atoms with Gasteiger partial charge in [0.2, 0.25) is 0 Å². The van der Waals surface area contributed by atoms with Gasteiger partial charge in [-0.05, 0) is 25.3 Å². The molecule has 0 bridgehead atoms. The number of carbonyl (C=O) groups is 1. The van der Waals surface area contributed by atoms with Crippen molar-refractivity contribution in [2.24, 2.45) is 0 Å². The molecule has 0 saturated carbocycles. The molecule has 100 valence electrons. The van der Waals surface area contributed by atoms with Crippen LogP contribution >= 0.6 is 11.6 Å². The molecule has 1 amide bonds. The van der Waals surface area contributed by atoms with Crippen molar-refractivity contribution in [3.63, 3.8) is 0 Å². The van der Waals surface area contributed by atoms with E-state index < -0.39 is 6.10 Å². The third kappa shape index (κ3) is 2.87. The van der Waals surface area contributed by atoms with Crippen LogP contribution in [0.4, 0.5) is 0 Å². The Morgan fingerprint density at radius 2 is 2.39 bits per heavy atom. The lowest BCUT2D eigenvalue weighted by molar-refractivity contribution is 0.0465. The Morgan fingerprint density at radius 1 is 1.61 bits per heavy atom. The van der Waals surface area contributed by atoms with Crippen LogP contribution in [0.25, 0.3) is 0 Å². The molecule has 0 radical (unpaired) electrons. The lowest BCUT2D eigenvalue weighted by atomic mass is 10.1. The number of β-amino-alcohol motifs (C(OH)–C–C–N with tert-alkyl or cyclic N) is 1. The van der Waals surface area contributed by atoms with Crippen molar-refractivity contribution >= 4 is 17.5 Å². The van der Waals surface area contributed by atoms with Crippen LogP contribution in [0.3, 0.4) is 0 Å². The fourth-order valence-corrected chi connectivity index (χ4v) is 2.60. The molecule has 0 aliphatic carbocycles. The molecule has 1 unspecified atom stereocenters. The number of rotatable bonds is 3. The Labute approximate surface area is 112 Å². The molecule has 2 heterocycles. The molecule has 2 rings (SSSR count). The number of amides is 1. The minimum atomic E-state index is -0.396. The van der Waals surface area contributed by atoms with Gasteiger partial charge in [-0.2, -0.15) is 0 Å². The highest BCUT2D eigenvalue weighted by atomic mass is 35.5. The molecular formula is C13H19ClN2O2. The van der Waals surface area contributed by atoms with Crippen molar-refractivity contribution < 1.29 is 9.90 Å². The summed E-state index contributed by atoms with van der Waals surface area (Å²) in [5, 5.41) is 10.2. The Balaban J connectivity index is 2.17. The average Bonchev–Trinajstić information content (AvgIpc) is 2.70. The monoisotopic (exact) mass is 270 g/mol. The molecule has 1 N–H and O–H groups in total. The lowest BCUT2D eigenvalue weighted by Gasteiger charge is -2.30. The highest BCUT2D eigenvalue weighted by Crippen LogP contribution is 2.19. The first kappa shape index (κ1) is 13.4. The molecule has 0 spiro atoms. The first-order chi connectivity index (χ1) is 8.61. The summed E-state index contributed by atoms with van der Waals surface area (Å²) in [4.78, 5) is 14.1. The molecule has 1 fully saturated rings. The van der Waals surface area contributed by atoms with E-state index in [1.807, 2.05) is 4.57 Å². The topological polar surface area (TPSA) is 45.5 Å². The molecule has 1 aromatic heterocycles. The van der Waals surface area contributed by atoms with Crippen LogP contribution in [0.1, 0.15) is 36.7 Å². The van der Waals surface area contributed by atoms with E-state index in [1.165, 1.54) is 0 Å². The smallest absolute Gasteiger partial charge is 0.270 e. The number of halogens is 1. The van der Waals surface area contributed by atoms with Crippen LogP contribution in [-0.4, -0.2) is 39.7 Å². The van der Waals surface area contributed by atoms with Crippen molar-refractivity contribution in [3.05, 3.63) is 23.0 Å². The van der Waals surface area contributed by atoms with Gasteiger partial charge in [0.05, 0.1) is 11.1 Å². The summed E-state index contributed by atoms with van der Waals surface area (Å²) in [6.45, 7) is 3.98. The third-order valence-electron chi connectivity index (χ3n) is 3.23. The molecule has 18 heavy (non-hydrogen) atoms. The minimum Gasteiger partial charge on any atom is -0.391 e. The van der Waals surface area contributed by atoms with E-state index in [4.69, 9.17) is 11.6 Å². The maximum Gasteiger partial charge on any atom is 0.270 e. The number of aromatic nitrogens is 1. The maximum atomic E-state index is 12.4. The van der Waals surface area contributed by atoms with Gasteiger partial charge in [0.25, 0.3) is 5.91 Å². The van der Waals surface area contributed by atoms with Gasteiger partial charge in [-0.25, -0.2) is 0 Å². The normalized spacial score (nSPS) is 20.2. The first-order valence-electron chi connectivity index (χ1n) is 6.45. The van der Waals surface area contributed by atoms with Crippen LogP contribution in [0.5, 0.6) is 0 Å². The number of carbonyl (C=O) groups excluding carboxylic acids is 1. The Morgan fingerprint density at radius 3 is 3.06 bits per heavy atom. The van der Waals surface area contributed by atoms with Gasteiger partial charge in [0.15, 0.2) is 0 Å². The van der Waals surface area contributed by atoms with Crippen molar-refractivity contribution in [2.45, 2.75) is 38.8 Å².